The number of nitrogens with one attached hydrogen (secondary N) is 1. The summed E-state index contributed by atoms with van der Waals surface area (Å²) < 4.78 is 0. The second-order valence-electron chi connectivity index (χ2n) is 2.95. The van der Waals surface area contributed by atoms with Gasteiger partial charge >= 0.3 is 0 Å². The zero-order chi connectivity index (χ0) is 7.40. The molecule has 1 aliphatic carbocycles. The van der Waals surface area contributed by atoms with Crippen LogP contribution in [-0.4, -0.2) is 19.4 Å². The highest BCUT2D eigenvalue weighted by Crippen LogP contribution is 2.24. The molecular formula is C8H16N2. The van der Waals surface area contributed by atoms with E-state index in [0.717, 1.165) is 5.92 Å². The largest absolute Gasteiger partial charge is 0.299 e. The molecule has 2 nitrogen and oxygen atoms in total. The van der Waals surface area contributed by atoms with Crippen molar-refractivity contribution in [3.05, 3.63) is 0 Å². The van der Waals surface area contributed by atoms with E-state index in [9.17, 15) is 0 Å². The van der Waals surface area contributed by atoms with Crippen LogP contribution in [0.4, 0.5) is 0 Å². The lowest BCUT2D eigenvalue weighted by Gasteiger charge is -2.20. The topological polar surface area (TPSA) is 24.4 Å². The minimum absolute atomic E-state index is 0.292. The summed E-state index contributed by atoms with van der Waals surface area (Å²) in [5, 5.41) is 3.07. The molecule has 0 bridgehead atoms. The SMILES string of the molecule is CNC(C)N=CC1CCC1. The van der Waals surface area contributed by atoms with Gasteiger partial charge in [0.15, 0.2) is 0 Å². The first kappa shape index (κ1) is 7.73. The Morgan fingerprint density at radius 2 is 2.30 bits per heavy atom. The third-order valence-electron chi connectivity index (χ3n) is 2.09. The van der Waals surface area contributed by atoms with Crippen molar-refractivity contribution in [3.8, 4) is 0 Å². The van der Waals surface area contributed by atoms with E-state index in [4.69, 9.17) is 0 Å². The molecule has 1 saturated carbocycles. The summed E-state index contributed by atoms with van der Waals surface area (Å²) in [6, 6.07) is 0. The molecule has 58 valence electrons. The molecule has 0 spiro atoms. The zero-order valence-corrected chi connectivity index (χ0v) is 6.80. The quantitative estimate of drug-likeness (QED) is 0.589. The monoisotopic (exact) mass is 140 g/mol. The van der Waals surface area contributed by atoms with Gasteiger partial charge in [0.2, 0.25) is 0 Å². The van der Waals surface area contributed by atoms with Crippen molar-refractivity contribution >= 4 is 6.21 Å². The summed E-state index contributed by atoms with van der Waals surface area (Å²) in [5.74, 6) is 0.788. The van der Waals surface area contributed by atoms with Crippen molar-refractivity contribution < 1.29 is 0 Å². The molecule has 1 aliphatic rings. The molecule has 0 aromatic rings. The fourth-order valence-electron chi connectivity index (χ4n) is 0.914. The lowest BCUT2D eigenvalue weighted by Crippen LogP contribution is -2.20. The molecule has 2 heteroatoms. The summed E-state index contributed by atoms with van der Waals surface area (Å²) in [6.07, 6.45) is 6.48. The smallest absolute Gasteiger partial charge is 0.0959 e. The van der Waals surface area contributed by atoms with Crippen molar-refractivity contribution in [3.63, 3.8) is 0 Å². The lowest BCUT2D eigenvalue weighted by atomic mass is 9.87. The fourth-order valence-corrected chi connectivity index (χ4v) is 0.914. The van der Waals surface area contributed by atoms with Crippen LogP contribution in [0.2, 0.25) is 0 Å². The molecule has 1 N–H and O–H groups in total. The average molecular weight is 140 g/mol. The van der Waals surface area contributed by atoms with Gasteiger partial charge in [0, 0.05) is 6.21 Å². The number of aliphatic imine (C=N–C) groups is 1. The molecule has 10 heavy (non-hydrogen) atoms. The van der Waals surface area contributed by atoms with Crippen LogP contribution in [0.1, 0.15) is 26.2 Å². The van der Waals surface area contributed by atoms with Crippen LogP contribution in [0.15, 0.2) is 4.99 Å². The van der Waals surface area contributed by atoms with Crippen molar-refractivity contribution in [2.45, 2.75) is 32.4 Å². The minimum Gasteiger partial charge on any atom is -0.299 e. The maximum atomic E-state index is 4.33. The van der Waals surface area contributed by atoms with E-state index in [1.54, 1.807) is 0 Å². The normalized spacial score (nSPS) is 23.0. The van der Waals surface area contributed by atoms with Crippen LogP contribution < -0.4 is 5.32 Å². The van der Waals surface area contributed by atoms with Gasteiger partial charge in [0.1, 0.15) is 0 Å². The van der Waals surface area contributed by atoms with Crippen LogP contribution in [-0.2, 0) is 0 Å². The van der Waals surface area contributed by atoms with Crippen molar-refractivity contribution in [1.29, 1.82) is 0 Å². The number of hydrogen-bond donors (Lipinski definition) is 1. The van der Waals surface area contributed by atoms with Crippen LogP contribution in [0.25, 0.3) is 0 Å². The van der Waals surface area contributed by atoms with Gasteiger partial charge in [-0.05, 0) is 32.7 Å². The lowest BCUT2D eigenvalue weighted by molar-refractivity contribution is 0.418. The van der Waals surface area contributed by atoms with Crippen LogP contribution >= 0.6 is 0 Å². The highest BCUT2D eigenvalue weighted by Gasteiger charge is 2.14. The highest BCUT2D eigenvalue weighted by molar-refractivity contribution is 5.61. The molecule has 0 aromatic heterocycles. The van der Waals surface area contributed by atoms with Gasteiger partial charge < -0.3 is 0 Å². The Labute approximate surface area is 62.7 Å². The first-order valence-corrected chi connectivity index (χ1v) is 4.03. The number of rotatable bonds is 3. The molecule has 1 rings (SSSR count). The molecule has 1 fully saturated rings. The summed E-state index contributed by atoms with van der Waals surface area (Å²) in [4.78, 5) is 4.33. The first-order valence-electron chi connectivity index (χ1n) is 4.03. The van der Waals surface area contributed by atoms with E-state index in [1.165, 1.54) is 19.3 Å². The van der Waals surface area contributed by atoms with Crippen molar-refractivity contribution in [1.82, 2.24) is 5.32 Å². The predicted octanol–water partition coefficient (Wildman–Crippen LogP) is 1.42. The molecule has 0 aromatic carbocycles. The number of hydrogen-bond acceptors (Lipinski definition) is 2. The van der Waals surface area contributed by atoms with E-state index in [0.29, 0.717) is 6.17 Å². The Balaban J connectivity index is 2.14. The van der Waals surface area contributed by atoms with E-state index in [1.807, 2.05) is 7.05 Å². The summed E-state index contributed by atoms with van der Waals surface area (Å²) in [6.45, 7) is 2.06. The first-order chi connectivity index (χ1) is 4.83. The van der Waals surface area contributed by atoms with E-state index >= 15 is 0 Å². The van der Waals surface area contributed by atoms with Gasteiger partial charge in [-0.25, -0.2) is 0 Å². The molecule has 0 amide bonds. The van der Waals surface area contributed by atoms with Crippen LogP contribution in [0, 0.1) is 5.92 Å². The molecule has 1 atom stereocenters. The van der Waals surface area contributed by atoms with Gasteiger partial charge in [-0.15, -0.1) is 0 Å². The van der Waals surface area contributed by atoms with E-state index in [2.05, 4.69) is 23.4 Å². The van der Waals surface area contributed by atoms with Crippen molar-refractivity contribution in [2.24, 2.45) is 10.9 Å². The second-order valence-corrected chi connectivity index (χ2v) is 2.95. The fraction of sp³-hybridized carbons (Fsp3) is 0.875. The molecule has 0 radical (unpaired) electrons. The maximum Gasteiger partial charge on any atom is 0.0959 e. The van der Waals surface area contributed by atoms with E-state index < -0.39 is 0 Å². The van der Waals surface area contributed by atoms with Gasteiger partial charge in [-0.1, -0.05) is 6.42 Å². The summed E-state index contributed by atoms with van der Waals surface area (Å²) in [5.41, 5.74) is 0. The van der Waals surface area contributed by atoms with Gasteiger partial charge in [0.25, 0.3) is 0 Å². The zero-order valence-electron chi connectivity index (χ0n) is 6.80. The number of nitrogens with zero attached hydrogens (tertiary/aromatic N) is 1. The molecule has 0 heterocycles. The Kier molecular flexibility index (Phi) is 2.87. The van der Waals surface area contributed by atoms with Crippen LogP contribution in [0.5, 0.6) is 0 Å². The predicted molar refractivity (Wildman–Crippen MR) is 44.4 cm³/mol. The Morgan fingerprint density at radius 3 is 2.70 bits per heavy atom. The van der Waals surface area contributed by atoms with Gasteiger partial charge in [-0.2, -0.15) is 0 Å². The Bertz CT molecular complexity index is 110. The van der Waals surface area contributed by atoms with Crippen LogP contribution in [0.3, 0.4) is 0 Å². The molecule has 1 unspecified atom stereocenters. The van der Waals surface area contributed by atoms with E-state index in [-0.39, 0.29) is 0 Å². The Morgan fingerprint density at radius 1 is 1.60 bits per heavy atom. The Hall–Kier alpha value is -0.370. The second kappa shape index (κ2) is 3.71. The maximum absolute atomic E-state index is 4.33. The molecule has 0 aliphatic heterocycles. The molecular weight excluding hydrogens is 124 g/mol. The van der Waals surface area contributed by atoms with Crippen molar-refractivity contribution in [2.75, 3.05) is 7.05 Å². The summed E-state index contributed by atoms with van der Waals surface area (Å²) in [7, 11) is 1.93. The molecule has 0 saturated heterocycles. The summed E-state index contributed by atoms with van der Waals surface area (Å²) >= 11 is 0. The third kappa shape index (κ3) is 2.10. The minimum atomic E-state index is 0.292. The van der Waals surface area contributed by atoms with Gasteiger partial charge in [0.05, 0.1) is 6.17 Å². The standard InChI is InChI=1S/C8H16N2/c1-7(9-2)10-6-8-4-3-5-8/h6-9H,3-5H2,1-2H3. The highest BCUT2D eigenvalue weighted by atomic mass is 15.0. The van der Waals surface area contributed by atoms with Gasteiger partial charge in [-0.3, -0.25) is 10.3 Å². The average Bonchev–Trinajstić information content (AvgIpc) is 1.84. The third-order valence-corrected chi connectivity index (χ3v) is 2.09.